The number of hydrogen-bond acceptors (Lipinski definition) is 5. The van der Waals surface area contributed by atoms with Crippen LogP contribution in [0.4, 0.5) is 0 Å². The van der Waals surface area contributed by atoms with Gasteiger partial charge in [-0.25, -0.2) is 18.1 Å². The molecule has 2 heterocycles. The van der Waals surface area contributed by atoms with Crippen molar-refractivity contribution in [3.63, 3.8) is 0 Å². The number of sulfonamides is 1. The maximum Gasteiger partial charge on any atom is 0.279 e. The summed E-state index contributed by atoms with van der Waals surface area (Å²) >= 11 is 1.29. The van der Waals surface area contributed by atoms with Crippen LogP contribution < -0.4 is 10.3 Å². The molecule has 0 unspecified atom stereocenters. The fourth-order valence-corrected chi connectivity index (χ4v) is 4.61. The highest BCUT2D eigenvalue weighted by Crippen LogP contribution is 2.16. The molecule has 24 heavy (non-hydrogen) atoms. The third-order valence-electron chi connectivity index (χ3n) is 3.81. The first-order chi connectivity index (χ1) is 11.4. The van der Waals surface area contributed by atoms with Gasteiger partial charge in [0, 0.05) is 18.1 Å². The van der Waals surface area contributed by atoms with Crippen LogP contribution in [0.5, 0.6) is 0 Å². The lowest BCUT2D eigenvalue weighted by Crippen LogP contribution is -2.34. The Labute approximate surface area is 143 Å². The number of hydrogen-bond donors (Lipinski definition) is 1. The Morgan fingerprint density at radius 3 is 2.71 bits per heavy atom. The first kappa shape index (κ1) is 16.8. The summed E-state index contributed by atoms with van der Waals surface area (Å²) in [6, 6.07) is 9.61. The Bertz CT molecular complexity index is 1020. The molecule has 0 fully saturated rings. The van der Waals surface area contributed by atoms with Gasteiger partial charge < -0.3 is 0 Å². The smallest absolute Gasteiger partial charge is 0.267 e. The largest absolute Gasteiger partial charge is 0.279 e. The molecule has 3 aromatic rings. The van der Waals surface area contributed by atoms with Crippen LogP contribution in [-0.4, -0.2) is 24.3 Å². The molecule has 0 bridgehead atoms. The van der Waals surface area contributed by atoms with Crippen molar-refractivity contribution < 1.29 is 8.42 Å². The van der Waals surface area contributed by atoms with E-state index >= 15 is 0 Å². The summed E-state index contributed by atoms with van der Waals surface area (Å²) < 4.78 is 29.0. The van der Waals surface area contributed by atoms with Crippen molar-refractivity contribution >= 4 is 26.3 Å². The Morgan fingerprint density at radius 2 is 2.00 bits per heavy atom. The first-order valence-corrected chi connectivity index (χ1v) is 9.77. The minimum atomic E-state index is -3.94. The number of fused-ring (bicyclic) bond motifs is 1. The summed E-state index contributed by atoms with van der Waals surface area (Å²) in [5.41, 5.74) is 0.668. The number of aryl methyl sites for hydroxylation is 1. The van der Waals surface area contributed by atoms with Crippen molar-refractivity contribution in [1.82, 2.24) is 14.1 Å². The number of thiazole rings is 1. The minimum absolute atomic E-state index is 0.0122. The highest BCUT2D eigenvalue weighted by Gasteiger charge is 2.24. The van der Waals surface area contributed by atoms with Gasteiger partial charge in [0.2, 0.25) is 10.0 Å². The van der Waals surface area contributed by atoms with Crippen LogP contribution in [0.1, 0.15) is 24.1 Å². The van der Waals surface area contributed by atoms with Crippen molar-refractivity contribution in [3.05, 3.63) is 63.5 Å². The van der Waals surface area contributed by atoms with Crippen LogP contribution in [0, 0.1) is 6.92 Å². The topological polar surface area (TPSA) is 80.5 Å². The van der Waals surface area contributed by atoms with Crippen LogP contribution in [0.3, 0.4) is 0 Å². The normalized spacial score (nSPS) is 13.2. The second-order valence-electron chi connectivity index (χ2n) is 5.55. The fourth-order valence-electron chi connectivity index (χ4n) is 2.48. The average molecular weight is 363 g/mol. The third kappa shape index (κ3) is 3.12. The van der Waals surface area contributed by atoms with Gasteiger partial charge in [-0.2, -0.15) is 0 Å². The van der Waals surface area contributed by atoms with E-state index in [2.05, 4.69) is 9.71 Å². The second kappa shape index (κ2) is 6.46. The number of rotatable bonds is 5. The van der Waals surface area contributed by atoms with E-state index in [9.17, 15) is 13.2 Å². The van der Waals surface area contributed by atoms with Gasteiger partial charge >= 0.3 is 0 Å². The molecule has 1 N–H and O–H groups in total. The predicted molar refractivity (Wildman–Crippen MR) is 94.1 cm³/mol. The van der Waals surface area contributed by atoms with Gasteiger partial charge in [-0.05, 0) is 18.4 Å². The molecule has 3 rings (SSSR count). The van der Waals surface area contributed by atoms with Crippen LogP contribution in [-0.2, 0) is 10.0 Å². The number of aromatic nitrogens is 2. The van der Waals surface area contributed by atoms with E-state index in [1.165, 1.54) is 28.9 Å². The van der Waals surface area contributed by atoms with E-state index in [-0.39, 0.29) is 23.1 Å². The van der Waals surface area contributed by atoms with E-state index < -0.39 is 15.6 Å². The van der Waals surface area contributed by atoms with Crippen LogP contribution in [0.25, 0.3) is 4.96 Å². The molecule has 0 aliphatic carbocycles. The molecule has 0 amide bonds. The predicted octanol–water partition coefficient (Wildman–Crippen LogP) is 2.15. The third-order valence-corrected chi connectivity index (χ3v) is 6.12. The Hall–Kier alpha value is -2.03. The van der Waals surface area contributed by atoms with Gasteiger partial charge in [0.05, 0.1) is 5.69 Å². The molecule has 0 aliphatic rings. The lowest BCUT2D eigenvalue weighted by atomic mass is 10.0. The molecule has 126 valence electrons. The zero-order chi connectivity index (χ0) is 17.3. The average Bonchev–Trinajstić information content (AvgIpc) is 3.02. The zero-order valence-electron chi connectivity index (χ0n) is 13.3. The molecule has 8 heteroatoms. The number of nitrogens with zero attached hydrogens (tertiary/aromatic N) is 2. The monoisotopic (exact) mass is 363 g/mol. The van der Waals surface area contributed by atoms with Gasteiger partial charge in [0.1, 0.15) is 0 Å². The van der Waals surface area contributed by atoms with Crippen molar-refractivity contribution in [2.24, 2.45) is 0 Å². The van der Waals surface area contributed by atoms with Crippen molar-refractivity contribution in [1.29, 1.82) is 0 Å². The lowest BCUT2D eigenvalue weighted by Gasteiger charge is -2.14. The van der Waals surface area contributed by atoms with Crippen LogP contribution >= 0.6 is 11.3 Å². The fraction of sp³-hybridized carbons (Fsp3) is 0.250. The van der Waals surface area contributed by atoms with E-state index in [1.807, 2.05) is 37.3 Å². The Morgan fingerprint density at radius 1 is 1.29 bits per heavy atom. The van der Waals surface area contributed by atoms with Gasteiger partial charge in [-0.1, -0.05) is 37.3 Å². The van der Waals surface area contributed by atoms with Gasteiger partial charge in [-0.3, -0.25) is 9.20 Å². The molecule has 0 saturated heterocycles. The summed E-state index contributed by atoms with van der Waals surface area (Å²) in [4.78, 5) is 16.9. The van der Waals surface area contributed by atoms with Crippen molar-refractivity contribution in [3.8, 4) is 0 Å². The minimum Gasteiger partial charge on any atom is -0.267 e. The Kier molecular flexibility index (Phi) is 4.53. The Balaban J connectivity index is 1.90. The molecular weight excluding hydrogens is 346 g/mol. The molecule has 0 aliphatic heterocycles. The lowest BCUT2D eigenvalue weighted by molar-refractivity contribution is 0.572. The van der Waals surface area contributed by atoms with E-state index in [1.54, 1.807) is 5.38 Å². The van der Waals surface area contributed by atoms with Gasteiger partial charge in [0.25, 0.3) is 5.56 Å². The molecule has 2 aromatic heterocycles. The summed E-state index contributed by atoms with van der Waals surface area (Å²) in [6.45, 7) is 3.67. The molecule has 0 saturated carbocycles. The standard InChI is InChI=1S/C16H17N3O3S2/c1-11(13-6-4-3-5-7-13)10-17-24(21,22)14-12(2)18-16-19(15(14)20)8-9-23-16/h3-9,11,17H,10H2,1-2H3/t11-/m0/s1. The van der Waals surface area contributed by atoms with Crippen LogP contribution in [0.2, 0.25) is 0 Å². The van der Waals surface area contributed by atoms with Gasteiger partial charge in [0.15, 0.2) is 9.86 Å². The highest BCUT2D eigenvalue weighted by molar-refractivity contribution is 7.89. The maximum atomic E-state index is 12.6. The van der Waals surface area contributed by atoms with Crippen molar-refractivity contribution in [2.45, 2.75) is 24.7 Å². The quantitative estimate of drug-likeness (QED) is 0.753. The van der Waals surface area contributed by atoms with Crippen molar-refractivity contribution in [2.75, 3.05) is 6.54 Å². The molecule has 1 atom stereocenters. The molecular formula is C16H17N3O3S2. The summed E-state index contributed by atoms with van der Waals surface area (Å²) in [7, 11) is -3.94. The number of benzene rings is 1. The highest BCUT2D eigenvalue weighted by atomic mass is 32.2. The zero-order valence-corrected chi connectivity index (χ0v) is 14.9. The van der Waals surface area contributed by atoms with E-state index in [0.717, 1.165) is 5.56 Å². The van der Waals surface area contributed by atoms with Gasteiger partial charge in [-0.15, -0.1) is 11.3 Å². The summed E-state index contributed by atoms with van der Waals surface area (Å²) in [5, 5.41) is 1.70. The molecule has 0 radical (unpaired) electrons. The summed E-state index contributed by atoms with van der Waals surface area (Å²) in [6.07, 6.45) is 1.53. The maximum absolute atomic E-state index is 12.6. The second-order valence-corrected chi connectivity index (χ2v) is 8.13. The SMILES string of the molecule is Cc1nc2sccn2c(=O)c1S(=O)(=O)NC[C@H](C)c1ccccc1. The first-order valence-electron chi connectivity index (χ1n) is 7.41. The molecule has 0 spiro atoms. The molecule has 6 nitrogen and oxygen atoms in total. The number of nitrogens with one attached hydrogen (secondary N) is 1. The van der Waals surface area contributed by atoms with E-state index in [0.29, 0.717) is 4.96 Å². The summed E-state index contributed by atoms with van der Waals surface area (Å²) in [5.74, 6) is -0.0122. The molecule has 1 aromatic carbocycles. The van der Waals surface area contributed by atoms with E-state index in [4.69, 9.17) is 0 Å². The van der Waals surface area contributed by atoms with Crippen LogP contribution in [0.15, 0.2) is 51.6 Å².